The standard InChI is InChI=1S/C17H14BrN3O3S/c1-9-19-12(7-21(9)2)16(22)20-13-8-25-15(14(13)17(23)24)10-3-5-11(18)6-4-10/h3-8H,1-2H3,(H,20,22)(H,23,24). The molecule has 2 heterocycles. The zero-order chi connectivity index (χ0) is 18.1. The van der Waals surface area contributed by atoms with Gasteiger partial charge in [-0.25, -0.2) is 9.78 Å². The third-order valence-corrected chi connectivity index (χ3v) is 5.26. The SMILES string of the molecule is Cc1nc(C(=O)Nc2csc(-c3ccc(Br)cc3)c2C(=O)O)cn1C. The van der Waals surface area contributed by atoms with Crippen LogP contribution in [0.15, 0.2) is 40.3 Å². The predicted octanol–water partition coefficient (Wildman–Crippen LogP) is 4.17. The molecule has 6 nitrogen and oxygen atoms in total. The van der Waals surface area contributed by atoms with Gasteiger partial charge in [0.2, 0.25) is 0 Å². The van der Waals surface area contributed by atoms with E-state index in [1.54, 1.807) is 30.1 Å². The number of aryl methyl sites for hydroxylation is 2. The maximum atomic E-state index is 12.4. The Bertz CT molecular complexity index is 941. The number of carbonyl (C=O) groups excluding carboxylic acids is 1. The molecule has 0 aliphatic rings. The number of thiophene rings is 1. The van der Waals surface area contributed by atoms with Crippen LogP contribution in [0.2, 0.25) is 0 Å². The number of nitrogens with one attached hydrogen (secondary N) is 1. The molecule has 1 amide bonds. The number of carbonyl (C=O) groups is 2. The number of halogens is 1. The Morgan fingerprint density at radius 3 is 2.52 bits per heavy atom. The van der Waals surface area contributed by atoms with E-state index in [0.29, 0.717) is 10.7 Å². The lowest BCUT2D eigenvalue weighted by molar-refractivity contribution is 0.0699. The Balaban J connectivity index is 1.95. The minimum Gasteiger partial charge on any atom is -0.478 e. The second-order valence-electron chi connectivity index (χ2n) is 5.40. The number of imidazole rings is 1. The van der Waals surface area contributed by atoms with Gasteiger partial charge in [0, 0.05) is 23.1 Å². The van der Waals surface area contributed by atoms with Crippen molar-refractivity contribution >= 4 is 44.8 Å². The van der Waals surface area contributed by atoms with Gasteiger partial charge >= 0.3 is 5.97 Å². The van der Waals surface area contributed by atoms with E-state index in [1.807, 2.05) is 24.3 Å². The van der Waals surface area contributed by atoms with Crippen LogP contribution in [0.25, 0.3) is 10.4 Å². The maximum absolute atomic E-state index is 12.4. The van der Waals surface area contributed by atoms with Crippen LogP contribution in [0.4, 0.5) is 5.69 Å². The highest BCUT2D eigenvalue weighted by Crippen LogP contribution is 2.36. The topological polar surface area (TPSA) is 84.2 Å². The van der Waals surface area contributed by atoms with Crippen molar-refractivity contribution in [1.82, 2.24) is 9.55 Å². The summed E-state index contributed by atoms with van der Waals surface area (Å²) in [5.41, 5.74) is 1.37. The van der Waals surface area contributed by atoms with Gasteiger partial charge in [-0.3, -0.25) is 4.79 Å². The number of aromatic carboxylic acids is 1. The summed E-state index contributed by atoms with van der Waals surface area (Å²) in [5, 5.41) is 13.9. The molecule has 0 atom stereocenters. The van der Waals surface area contributed by atoms with E-state index < -0.39 is 11.9 Å². The predicted molar refractivity (Wildman–Crippen MR) is 100 cm³/mol. The number of carboxylic acids is 1. The normalized spacial score (nSPS) is 10.7. The molecule has 0 aliphatic heterocycles. The Hall–Kier alpha value is -2.45. The average Bonchev–Trinajstić information content (AvgIpc) is 3.12. The van der Waals surface area contributed by atoms with E-state index in [9.17, 15) is 14.7 Å². The van der Waals surface area contributed by atoms with Gasteiger partial charge in [-0.15, -0.1) is 11.3 Å². The van der Waals surface area contributed by atoms with E-state index in [4.69, 9.17) is 0 Å². The molecule has 3 rings (SSSR count). The van der Waals surface area contributed by atoms with Gasteiger partial charge in [0.25, 0.3) is 5.91 Å². The molecule has 0 bridgehead atoms. The molecule has 2 aromatic heterocycles. The fourth-order valence-electron chi connectivity index (χ4n) is 2.33. The van der Waals surface area contributed by atoms with Crippen LogP contribution in [0.3, 0.4) is 0 Å². The van der Waals surface area contributed by atoms with E-state index in [0.717, 1.165) is 10.0 Å². The summed E-state index contributed by atoms with van der Waals surface area (Å²) in [6, 6.07) is 7.34. The Morgan fingerprint density at radius 2 is 1.96 bits per heavy atom. The third-order valence-electron chi connectivity index (χ3n) is 3.70. The quantitative estimate of drug-likeness (QED) is 0.664. The molecule has 25 heavy (non-hydrogen) atoms. The number of benzene rings is 1. The minimum absolute atomic E-state index is 0.0772. The first-order chi connectivity index (χ1) is 11.9. The summed E-state index contributed by atoms with van der Waals surface area (Å²) in [6.45, 7) is 1.79. The van der Waals surface area contributed by atoms with E-state index >= 15 is 0 Å². The highest BCUT2D eigenvalue weighted by atomic mass is 79.9. The van der Waals surface area contributed by atoms with Gasteiger partial charge in [-0.05, 0) is 24.6 Å². The van der Waals surface area contributed by atoms with E-state index in [-0.39, 0.29) is 16.9 Å². The van der Waals surface area contributed by atoms with Crippen LogP contribution < -0.4 is 5.32 Å². The molecule has 0 saturated carbocycles. The van der Waals surface area contributed by atoms with Crippen molar-refractivity contribution in [2.24, 2.45) is 7.05 Å². The van der Waals surface area contributed by atoms with Crippen molar-refractivity contribution in [2.75, 3.05) is 5.32 Å². The molecule has 0 spiro atoms. The lowest BCUT2D eigenvalue weighted by Crippen LogP contribution is -2.14. The molecular formula is C17H14BrN3O3S. The van der Waals surface area contributed by atoms with E-state index in [1.165, 1.54) is 11.3 Å². The summed E-state index contributed by atoms with van der Waals surface area (Å²) in [4.78, 5) is 28.9. The van der Waals surface area contributed by atoms with Crippen molar-refractivity contribution in [1.29, 1.82) is 0 Å². The molecule has 0 aliphatic carbocycles. The lowest BCUT2D eigenvalue weighted by Gasteiger charge is -2.05. The molecule has 0 fully saturated rings. The van der Waals surface area contributed by atoms with Crippen molar-refractivity contribution in [3.05, 3.63) is 57.4 Å². The summed E-state index contributed by atoms with van der Waals surface area (Å²) in [7, 11) is 1.79. The van der Waals surface area contributed by atoms with E-state index in [2.05, 4.69) is 26.2 Å². The number of carboxylic acid groups (broad SMARTS) is 1. The molecule has 0 saturated heterocycles. The zero-order valence-corrected chi connectivity index (χ0v) is 15.8. The van der Waals surface area contributed by atoms with Gasteiger partial charge in [0.1, 0.15) is 17.1 Å². The van der Waals surface area contributed by atoms with Crippen LogP contribution in [0.1, 0.15) is 26.7 Å². The number of hydrogen-bond acceptors (Lipinski definition) is 4. The average molecular weight is 420 g/mol. The highest BCUT2D eigenvalue weighted by molar-refractivity contribution is 9.10. The second kappa shape index (κ2) is 6.81. The summed E-state index contributed by atoms with van der Waals surface area (Å²) in [5.74, 6) is -0.831. The highest BCUT2D eigenvalue weighted by Gasteiger charge is 2.22. The summed E-state index contributed by atoms with van der Waals surface area (Å²) >= 11 is 4.63. The number of aromatic nitrogens is 2. The molecular weight excluding hydrogens is 406 g/mol. The largest absolute Gasteiger partial charge is 0.478 e. The van der Waals surface area contributed by atoms with Gasteiger partial charge < -0.3 is 15.0 Å². The van der Waals surface area contributed by atoms with Crippen LogP contribution in [0, 0.1) is 6.92 Å². The number of rotatable bonds is 4. The summed E-state index contributed by atoms with van der Waals surface area (Å²) < 4.78 is 2.64. The van der Waals surface area contributed by atoms with Crippen LogP contribution in [-0.4, -0.2) is 26.5 Å². The molecule has 3 aromatic rings. The Kier molecular flexibility index (Phi) is 4.73. The molecule has 1 aromatic carbocycles. The van der Waals surface area contributed by atoms with Crippen molar-refractivity contribution in [3.8, 4) is 10.4 Å². The second-order valence-corrected chi connectivity index (χ2v) is 7.20. The van der Waals surface area contributed by atoms with Gasteiger partial charge in [0.05, 0.1) is 10.6 Å². The number of nitrogens with zero attached hydrogens (tertiary/aromatic N) is 2. The van der Waals surface area contributed by atoms with Crippen molar-refractivity contribution < 1.29 is 14.7 Å². The molecule has 2 N–H and O–H groups in total. The Labute approximate surface area is 156 Å². The lowest BCUT2D eigenvalue weighted by atomic mass is 10.1. The summed E-state index contributed by atoms with van der Waals surface area (Å²) in [6.07, 6.45) is 1.60. The van der Waals surface area contributed by atoms with Crippen LogP contribution in [0.5, 0.6) is 0 Å². The zero-order valence-electron chi connectivity index (χ0n) is 13.4. The molecule has 0 unspecified atom stereocenters. The number of hydrogen-bond donors (Lipinski definition) is 2. The fourth-order valence-corrected chi connectivity index (χ4v) is 3.59. The number of anilines is 1. The monoisotopic (exact) mass is 419 g/mol. The fraction of sp³-hybridized carbons (Fsp3) is 0.118. The first-order valence-corrected chi connectivity index (χ1v) is 8.96. The minimum atomic E-state index is -1.09. The maximum Gasteiger partial charge on any atom is 0.339 e. The van der Waals surface area contributed by atoms with Crippen LogP contribution >= 0.6 is 27.3 Å². The molecule has 8 heteroatoms. The van der Waals surface area contributed by atoms with Gasteiger partial charge in [0.15, 0.2) is 0 Å². The first-order valence-electron chi connectivity index (χ1n) is 7.29. The third kappa shape index (κ3) is 3.49. The molecule has 128 valence electrons. The van der Waals surface area contributed by atoms with Gasteiger partial charge in [-0.2, -0.15) is 0 Å². The van der Waals surface area contributed by atoms with Crippen molar-refractivity contribution in [3.63, 3.8) is 0 Å². The number of amides is 1. The van der Waals surface area contributed by atoms with Crippen LogP contribution in [-0.2, 0) is 7.05 Å². The Morgan fingerprint density at radius 1 is 1.28 bits per heavy atom. The first kappa shape index (κ1) is 17.4. The van der Waals surface area contributed by atoms with Gasteiger partial charge in [-0.1, -0.05) is 28.1 Å². The molecule has 0 radical (unpaired) electrons. The smallest absolute Gasteiger partial charge is 0.339 e. The van der Waals surface area contributed by atoms with Crippen molar-refractivity contribution in [2.45, 2.75) is 6.92 Å².